The Morgan fingerprint density at radius 3 is 2.14 bits per heavy atom. The van der Waals surface area contributed by atoms with Gasteiger partial charge >= 0.3 is 5.97 Å². The predicted molar refractivity (Wildman–Crippen MR) is 89.2 cm³/mol. The first kappa shape index (κ1) is 18.5. The van der Waals surface area contributed by atoms with E-state index >= 15 is 0 Å². The highest BCUT2D eigenvalue weighted by Gasteiger charge is 2.48. The molecule has 1 aliphatic carbocycles. The Balaban J connectivity index is 3.06. The molecule has 0 amide bonds. The zero-order valence-corrected chi connectivity index (χ0v) is 15.3. The van der Waals surface area contributed by atoms with Crippen LogP contribution in [0, 0.1) is 16.7 Å². The molecule has 1 rings (SSSR count). The monoisotopic (exact) mass is 296 g/mol. The smallest absolute Gasteiger partial charge is 0.312 e. The molecule has 1 unspecified atom stereocenters. The van der Waals surface area contributed by atoms with Gasteiger partial charge in [0.2, 0.25) is 0 Å². The van der Waals surface area contributed by atoms with Crippen molar-refractivity contribution in [2.75, 3.05) is 0 Å². The summed E-state index contributed by atoms with van der Waals surface area (Å²) in [5, 5.41) is 0. The van der Waals surface area contributed by atoms with Gasteiger partial charge in [0.1, 0.15) is 5.60 Å². The first-order valence-electron chi connectivity index (χ1n) is 8.86. The molecule has 1 atom stereocenters. The van der Waals surface area contributed by atoms with Crippen LogP contribution in [0.5, 0.6) is 0 Å². The van der Waals surface area contributed by atoms with E-state index in [1.165, 1.54) is 12.8 Å². The molecule has 1 saturated carbocycles. The number of hydrogen-bond donors (Lipinski definition) is 0. The molecule has 1 fully saturated rings. The summed E-state index contributed by atoms with van der Waals surface area (Å²) >= 11 is 0. The van der Waals surface area contributed by atoms with Crippen LogP contribution in [0.3, 0.4) is 0 Å². The normalized spacial score (nSPS) is 25.9. The summed E-state index contributed by atoms with van der Waals surface area (Å²) in [6, 6.07) is 0. The summed E-state index contributed by atoms with van der Waals surface area (Å²) in [7, 11) is 0. The SMILES string of the molecule is CCC(CC)C1(OC(=O)C(C)(C)CC)CCCC(C)(C)C1. The minimum Gasteiger partial charge on any atom is -0.458 e. The van der Waals surface area contributed by atoms with Crippen LogP contribution in [0.25, 0.3) is 0 Å². The summed E-state index contributed by atoms with van der Waals surface area (Å²) in [6.07, 6.45) is 7.46. The van der Waals surface area contributed by atoms with Crippen molar-refractivity contribution in [3.63, 3.8) is 0 Å². The Labute approximate surface area is 132 Å². The summed E-state index contributed by atoms with van der Waals surface area (Å²) < 4.78 is 6.28. The fourth-order valence-electron chi connectivity index (χ4n) is 3.87. The highest BCUT2D eigenvalue weighted by Crippen LogP contribution is 2.49. The van der Waals surface area contributed by atoms with Gasteiger partial charge in [-0.25, -0.2) is 0 Å². The Morgan fingerprint density at radius 1 is 1.14 bits per heavy atom. The van der Waals surface area contributed by atoms with E-state index < -0.39 is 0 Å². The van der Waals surface area contributed by atoms with Crippen molar-refractivity contribution in [3.05, 3.63) is 0 Å². The molecular weight excluding hydrogens is 260 g/mol. The van der Waals surface area contributed by atoms with Gasteiger partial charge in [-0.1, -0.05) is 34.6 Å². The third-order valence-corrected chi connectivity index (χ3v) is 5.69. The lowest BCUT2D eigenvalue weighted by atomic mass is 9.64. The lowest BCUT2D eigenvalue weighted by Crippen LogP contribution is -2.50. The zero-order valence-electron chi connectivity index (χ0n) is 15.3. The van der Waals surface area contributed by atoms with Crippen molar-refractivity contribution in [1.82, 2.24) is 0 Å². The molecule has 0 radical (unpaired) electrons. The van der Waals surface area contributed by atoms with Gasteiger partial charge in [0, 0.05) is 0 Å². The summed E-state index contributed by atoms with van der Waals surface area (Å²) in [6.45, 7) is 15.2. The van der Waals surface area contributed by atoms with Crippen molar-refractivity contribution in [3.8, 4) is 0 Å². The van der Waals surface area contributed by atoms with Crippen LogP contribution < -0.4 is 0 Å². The number of esters is 1. The first-order chi connectivity index (χ1) is 9.62. The fraction of sp³-hybridized carbons (Fsp3) is 0.947. The van der Waals surface area contributed by atoms with Gasteiger partial charge < -0.3 is 4.74 Å². The molecule has 2 heteroatoms. The van der Waals surface area contributed by atoms with E-state index in [9.17, 15) is 4.79 Å². The van der Waals surface area contributed by atoms with Crippen molar-refractivity contribution < 1.29 is 9.53 Å². The van der Waals surface area contributed by atoms with Crippen molar-refractivity contribution in [2.24, 2.45) is 16.7 Å². The van der Waals surface area contributed by atoms with Crippen LogP contribution in [0.15, 0.2) is 0 Å². The van der Waals surface area contributed by atoms with Crippen molar-refractivity contribution >= 4 is 5.97 Å². The van der Waals surface area contributed by atoms with E-state index in [4.69, 9.17) is 4.74 Å². The highest BCUT2D eigenvalue weighted by molar-refractivity contribution is 5.76. The second kappa shape index (κ2) is 6.71. The fourth-order valence-corrected chi connectivity index (χ4v) is 3.87. The van der Waals surface area contributed by atoms with Gasteiger partial charge in [0.25, 0.3) is 0 Å². The van der Waals surface area contributed by atoms with Crippen LogP contribution in [-0.2, 0) is 9.53 Å². The molecule has 21 heavy (non-hydrogen) atoms. The molecule has 0 aromatic carbocycles. The van der Waals surface area contributed by atoms with E-state index in [0.717, 1.165) is 32.1 Å². The number of carbonyl (C=O) groups is 1. The average Bonchev–Trinajstić information content (AvgIpc) is 2.38. The van der Waals surface area contributed by atoms with Crippen molar-refractivity contribution in [2.45, 2.75) is 99.0 Å². The third-order valence-electron chi connectivity index (χ3n) is 5.69. The Bertz CT molecular complexity index is 353. The standard InChI is InChI=1S/C19H36O2/c1-8-15(9-2)19(13-11-12-17(4,5)14-19)21-16(20)18(6,7)10-3/h15H,8-14H2,1-7H3. The molecule has 0 aromatic heterocycles. The quantitative estimate of drug-likeness (QED) is 0.584. The van der Waals surface area contributed by atoms with Gasteiger partial charge in [-0.05, 0) is 70.1 Å². The maximum Gasteiger partial charge on any atom is 0.312 e. The van der Waals surface area contributed by atoms with Crippen LogP contribution in [0.4, 0.5) is 0 Å². The molecule has 0 spiro atoms. The lowest BCUT2D eigenvalue weighted by molar-refractivity contribution is -0.188. The van der Waals surface area contributed by atoms with Crippen molar-refractivity contribution in [1.29, 1.82) is 0 Å². The summed E-state index contributed by atoms with van der Waals surface area (Å²) in [5.41, 5.74) is -0.340. The molecule has 0 saturated heterocycles. The second-order valence-corrected chi connectivity index (χ2v) is 8.40. The van der Waals surface area contributed by atoms with Gasteiger partial charge in [-0.3, -0.25) is 4.79 Å². The Kier molecular flexibility index (Phi) is 5.91. The topological polar surface area (TPSA) is 26.3 Å². The second-order valence-electron chi connectivity index (χ2n) is 8.40. The van der Waals surface area contributed by atoms with Crippen LogP contribution in [0.2, 0.25) is 0 Å². The largest absolute Gasteiger partial charge is 0.458 e. The molecule has 124 valence electrons. The molecule has 0 heterocycles. The number of rotatable bonds is 6. The molecule has 0 aliphatic heterocycles. The predicted octanol–water partition coefficient (Wildman–Crippen LogP) is 5.74. The minimum absolute atomic E-state index is 0.00500. The highest BCUT2D eigenvalue weighted by atomic mass is 16.6. The average molecular weight is 296 g/mol. The van der Waals surface area contributed by atoms with E-state index in [1.807, 2.05) is 13.8 Å². The van der Waals surface area contributed by atoms with Gasteiger partial charge in [-0.2, -0.15) is 0 Å². The van der Waals surface area contributed by atoms with Gasteiger partial charge in [0.05, 0.1) is 5.41 Å². The van der Waals surface area contributed by atoms with Gasteiger partial charge in [0.15, 0.2) is 0 Å². The third kappa shape index (κ3) is 4.23. The Hall–Kier alpha value is -0.530. The van der Waals surface area contributed by atoms with Crippen LogP contribution in [-0.4, -0.2) is 11.6 Å². The van der Waals surface area contributed by atoms with Gasteiger partial charge in [-0.15, -0.1) is 0 Å². The molecular formula is C19H36O2. The van der Waals surface area contributed by atoms with E-state index in [1.54, 1.807) is 0 Å². The molecule has 0 aromatic rings. The zero-order chi connectivity index (χ0) is 16.3. The maximum absolute atomic E-state index is 12.7. The van der Waals surface area contributed by atoms with E-state index in [2.05, 4.69) is 34.6 Å². The molecule has 2 nitrogen and oxygen atoms in total. The number of carbonyl (C=O) groups excluding carboxylic acids is 1. The minimum atomic E-state index is -0.374. The van der Waals surface area contributed by atoms with Crippen LogP contribution in [0.1, 0.15) is 93.4 Å². The number of ether oxygens (including phenoxy) is 1. The molecule has 0 N–H and O–H groups in total. The molecule has 0 bridgehead atoms. The molecule has 1 aliphatic rings. The number of hydrogen-bond acceptors (Lipinski definition) is 2. The van der Waals surface area contributed by atoms with E-state index in [0.29, 0.717) is 5.92 Å². The first-order valence-corrected chi connectivity index (χ1v) is 8.86. The Morgan fingerprint density at radius 2 is 1.71 bits per heavy atom. The lowest BCUT2D eigenvalue weighted by Gasteiger charge is -2.49. The van der Waals surface area contributed by atoms with E-state index in [-0.39, 0.29) is 22.4 Å². The summed E-state index contributed by atoms with van der Waals surface area (Å²) in [5.74, 6) is 0.475. The maximum atomic E-state index is 12.7. The summed E-state index contributed by atoms with van der Waals surface area (Å²) in [4.78, 5) is 12.7. The van der Waals surface area contributed by atoms with Crippen LogP contribution >= 0.6 is 0 Å².